The molecule has 2 atom stereocenters. The van der Waals surface area contributed by atoms with Gasteiger partial charge in [0, 0.05) is 6.42 Å². The maximum atomic E-state index is 13.0. The zero-order chi connectivity index (χ0) is 30.9. The quantitative estimate of drug-likeness (QED) is 0.0459. The number of carbonyl (C=O) groups is 1. The predicted molar refractivity (Wildman–Crippen MR) is 187 cm³/mol. The molecule has 0 saturated carbocycles. The van der Waals surface area contributed by atoms with Crippen molar-refractivity contribution in [2.24, 2.45) is 5.92 Å². The molecule has 0 aromatic carbocycles. The molecule has 0 radical (unpaired) electrons. The molecule has 246 valence electrons. The summed E-state index contributed by atoms with van der Waals surface area (Å²) in [6.07, 6.45) is 42.4. The lowest BCUT2D eigenvalue weighted by atomic mass is 9.87. The van der Waals surface area contributed by atoms with E-state index in [0.29, 0.717) is 12.3 Å². The molecule has 0 bridgehead atoms. The van der Waals surface area contributed by atoms with E-state index in [0.717, 1.165) is 64.3 Å². The van der Waals surface area contributed by atoms with Gasteiger partial charge in [0.25, 0.3) is 0 Å². The molecule has 0 aromatic heterocycles. The van der Waals surface area contributed by atoms with Crippen molar-refractivity contribution < 1.29 is 9.53 Å². The molecule has 42 heavy (non-hydrogen) atoms. The molecule has 2 unspecified atom stereocenters. The van der Waals surface area contributed by atoms with Gasteiger partial charge in [0.05, 0.1) is 0 Å². The standard InChI is InChI=1S/C39H73NO2/c1-6-9-12-15-18-20-22-25-28-33-37(32-27-24-21-17-14-11-8-3)38(34-29-26-23-19-16-13-10-7-2)42-39(41)35-30-31-36-40(4)5/h17,19-23,37-38H,6-16,18,24-36H2,1-5H3. The van der Waals surface area contributed by atoms with Gasteiger partial charge < -0.3 is 9.64 Å². The lowest BCUT2D eigenvalue weighted by Crippen LogP contribution is -2.27. The third-order valence-electron chi connectivity index (χ3n) is 8.22. The lowest BCUT2D eigenvalue weighted by Gasteiger charge is -2.27. The first-order chi connectivity index (χ1) is 20.5. The first kappa shape index (κ1) is 40.6. The van der Waals surface area contributed by atoms with Gasteiger partial charge in [0.15, 0.2) is 0 Å². The predicted octanol–water partition coefficient (Wildman–Crippen LogP) is 12.2. The third kappa shape index (κ3) is 28.8. The number of hydrogen-bond donors (Lipinski definition) is 0. The first-order valence-electron chi connectivity index (χ1n) is 18.3. The van der Waals surface area contributed by atoms with Crippen LogP contribution in [-0.2, 0) is 9.53 Å². The molecule has 3 nitrogen and oxygen atoms in total. The fourth-order valence-corrected chi connectivity index (χ4v) is 5.50. The minimum Gasteiger partial charge on any atom is -0.462 e. The fourth-order valence-electron chi connectivity index (χ4n) is 5.50. The summed E-state index contributed by atoms with van der Waals surface area (Å²) in [7, 11) is 4.19. The third-order valence-corrected chi connectivity index (χ3v) is 8.22. The molecule has 0 aliphatic heterocycles. The molecule has 0 aromatic rings. The number of allylic oxidation sites excluding steroid dienone is 6. The van der Waals surface area contributed by atoms with Gasteiger partial charge in [-0.3, -0.25) is 4.79 Å². The summed E-state index contributed by atoms with van der Waals surface area (Å²) < 4.78 is 6.31. The van der Waals surface area contributed by atoms with Gasteiger partial charge in [-0.15, -0.1) is 0 Å². The number of hydrogen-bond acceptors (Lipinski definition) is 3. The van der Waals surface area contributed by atoms with Crippen LogP contribution < -0.4 is 0 Å². The van der Waals surface area contributed by atoms with Gasteiger partial charge in [0.1, 0.15) is 6.10 Å². The Bertz CT molecular complexity index is 651. The summed E-state index contributed by atoms with van der Waals surface area (Å²) >= 11 is 0. The zero-order valence-corrected chi connectivity index (χ0v) is 29.1. The second-order valence-corrected chi connectivity index (χ2v) is 12.7. The maximum absolute atomic E-state index is 13.0. The van der Waals surface area contributed by atoms with E-state index in [-0.39, 0.29) is 12.1 Å². The van der Waals surface area contributed by atoms with Gasteiger partial charge in [-0.1, -0.05) is 102 Å². The lowest BCUT2D eigenvalue weighted by molar-refractivity contribution is -0.153. The monoisotopic (exact) mass is 588 g/mol. The molecule has 0 heterocycles. The number of unbranched alkanes of at least 4 members (excludes halogenated alkanes) is 13. The van der Waals surface area contributed by atoms with E-state index in [4.69, 9.17) is 4.74 Å². The van der Waals surface area contributed by atoms with Crippen molar-refractivity contribution >= 4 is 5.97 Å². The molecule has 0 saturated heterocycles. The van der Waals surface area contributed by atoms with Crippen LogP contribution in [0.3, 0.4) is 0 Å². The van der Waals surface area contributed by atoms with Crippen molar-refractivity contribution in [3.05, 3.63) is 36.5 Å². The van der Waals surface area contributed by atoms with E-state index in [1.54, 1.807) is 0 Å². The minimum atomic E-state index is 0.0188. The number of rotatable bonds is 31. The van der Waals surface area contributed by atoms with Crippen LogP contribution >= 0.6 is 0 Å². The van der Waals surface area contributed by atoms with Crippen molar-refractivity contribution in [2.75, 3.05) is 20.6 Å². The molecular weight excluding hydrogens is 514 g/mol. The van der Waals surface area contributed by atoms with Crippen LogP contribution in [0.15, 0.2) is 36.5 Å². The SMILES string of the molecule is CCCCC=CCCCC(CCCC=CCCCCCC)C(CCCC=CCCCCC)OC(=O)CCCCN(C)C. The van der Waals surface area contributed by atoms with Crippen molar-refractivity contribution in [1.82, 2.24) is 4.90 Å². The molecule has 0 amide bonds. The van der Waals surface area contributed by atoms with Crippen LogP contribution in [0.1, 0.15) is 175 Å². The van der Waals surface area contributed by atoms with Gasteiger partial charge in [0.2, 0.25) is 0 Å². The van der Waals surface area contributed by atoms with Gasteiger partial charge >= 0.3 is 5.97 Å². The van der Waals surface area contributed by atoms with Crippen molar-refractivity contribution in [3.8, 4) is 0 Å². The van der Waals surface area contributed by atoms with E-state index >= 15 is 0 Å². The molecule has 0 rings (SSSR count). The average molecular weight is 588 g/mol. The topological polar surface area (TPSA) is 29.5 Å². The Balaban J connectivity index is 5.12. The normalized spacial score (nSPS) is 13.7. The van der Waals surface area contributed by atoms with Crippen LogP contribution in [-0.4, -0.2) is 37.6 Å². The number of esters is 1. The van der Waals surface area contributed by atoms with Gasteiger partial charge in [-0.25, -0.2) is 0 Å². The van der Waals surface area contributed by atoms with Crippen molar-refractivity contribution in [3.63, 3.8) is 0 Å². The highest BCUT2D eigenvalue weighted by Gasteiger charge is 2.24. The van der Waals surface area contributed by atoms with Gasteiger partial charge in [-0.2, -0.15) is 0 Å². The molecular formula is C39H73NO2. The highest BCUT2D eigenvalue weighted by Crippen LogP contribution is 2.27. The van der Waals surface area contributed by atoms with E-state index in [1.807, 2.05) is 0 Å². The largest absolute Gasteiger partial charge is 0.462 e. The van der Waals surface area contributed by atoms with Crippen LogP contribution in [0, 0.1) is 5.92 Å². The molecule has 3 heteroatoms. The molecule has 0 aliphatic carbocycles. The summed E-state index contributed by atoms with van der Waals surface area (Å²) in [5.41, 5.74) is 0. The van der Waals surface area contributed by atoms with Crippen LogP contribution in [0.5, 0.6) is 0 Å². The summed E-state index contributed by atoms with van der Waals surface area (Å²) in [5, 5.41) is 0. The Morgan fingerprint density at radius 2 is 1.00 bits per heavy atom. The van der Waals surface area contributed by atoms with E-state index in [1.165, 1.54) is 89.9 Å². The van der Waals surface area contributed by atoms with E-state index < -0.39 is 0 Å². The second-order valence-electron chi connectivity index (χ2n) is 12.7. The van der Waals surface area contributed by atoms with Gasteiger partial charge in [-0.05, 0) is 129 Å². The van der Waals surface area contributed by atoms with E-state index in [9.17, 15) is 4.79 Å². The maximum Gasteiger partial charge on any atom is 0.306 e. The zero-order valence-electron chi connectivity index (χ0n) is 29.1. The summed E-state index contributed by atoms with van der Waals surface area (Å²) in [5.74, 6) is 0.483. The first-order valence-corrected chi connectivity index (χ1v) is 18.3. The second kappa shape index (κ2) is 32.6. The Morgan fingerprint density at radius 3 is 1.52 bits per heavy atom. The van der Waals surface area contributed by atoms with Crippen LogP contribution in [0.2, 0.25) is 0 Å². The van der Waals surface area contributed by atoms with Crippen molar-refractivity contribution in [1.29, 1.82) is 0 Å². The Morgan fingerprint density at radius 1 is 0.548 bits per heavy atom. The average Bonchev–Trinajstić information content (AvgIpc) is 2.97. The molecule has 0 spiro atoms. The summed E-state index contributed by atoms with van der Waals surface area (Å²) in [6, 6.07) is 0. The fraction of sp³-hybridized carbons (Fsp3) is 0.821. The number of carbonyl (C=O) groups excluding carboxylic acids is 1. The molecule has 0 N–H and O–H groups in total. The summed E-state index contributed by atoms with van der Waals surface area (Å²) in [4.78, 5) is 15.2. The number of nitrogens with zero attached hydrogens (tertiary/aromatic N) is 1. The van der Waals surface area contributed by atoms with Crippen LogP contribution in [0.25, 0.3) is 0 Å². The smallest absolute Gasteiger partial charge is 0.306 e. The van der Waals surface area contributed by atoms with E-state index in [2.05, 4.69) is 76.2 Å². The highest BCUT2D eigenvalue weighted by molar-refractivity contribution is 5.69. The Labute approximate surface area is 264 Å². The number of ether oxygens (including phenoxy) is 1. The summed E-state index contributed by atoms with van der Waals surface area (Å²) in [6.45, 7) is 7.82. The Hall–Kier alpha value is -1.35. The molecule has 0 aliphatic rings. The minimum absolute atomic E-state index is 0.0188. The molecule has 0 fully saturated rings. The Kier molecular flexibility index (Phi) is 31.5. The van der Waals surface area contributed by atoms with Crippen molar-refractivity contribution in [2.45, 2.75) is 181 Å². The highest BCUT2D eigenvalue weighted by atomic mass is 16.5. The van der Waals surface area contributed by atoms with Crippen LogP contribution in [0.4, 0.5) is 0 Å².